The number of allylic oxidation sites excluding steroid dienone is 1. The second-order valence-electron chi connectivity index (χ2n) is 9.00. The number of hydrogen-bond donors (Lipinski definition) is 0. The minimum Gasteiger partial charge on any atom is -0.493 e. The molecule has 11 nitrogen and oxygen atoms in total. The molecule has 0 amide bonds. The van der Waals surface area contributed by atoms with E-state index in [0.29, 0.717) is 47.9 Å². The van der Waals surface area contributed by atoms with Crippen LogP contribution in [0.5, 0.6) is 23.0 Å². The SMILES string of the molecule is CCOC(=O)COc1c(/C=c2\sc3n(c2=O)[C@@H](c2cc(OC)c(OC)cc2Br)C(C(=O)OCC)=C(C)N=3)cccc1OC. The van der Waals surface area contributed by atoms with Crippen molar-refractivity contribution in [3.8, 4) is 23.0 Å². The van der Waals surface area contributed by atoms with Gasteiger partial charge >= 0.3 is 11.9 Å². The van der Waals surface area contributed by atoms with Gasteiger partial charge in [-0.2, -0.15) is 0 Å². The molecule has 1 aromatic heterocycles. The molecule has 43 heavy (non-hydrogen) atoms. The molecular weight excluding hydrogens is 644 g/mol. The molecule has 1 aliphatic heterocycles. The number of carbonyl (C=O) groups excluding carboxylic acids is 2. The Kier molecular flexibility index (Phi) is 10.3. The molecule has 1 aliphatic rings. The van der Waals surface area contributed by atoms with Crippen molar-refractivity contribution in [3.63, 3.8) is 0 Å². The fourth-order valence-corrected chi connectivity index (χ4v) is 6.18. The minimum absolute atomic E-state index is 0.143. The van der Waals surface area contributed by atoms with Gasteiger partial charge in [0.15, 0.2) is 34.4 Å². The summed E-state index contributed by atoms with van der Waals surface area (Å²) in [6.45, 7) is 5.13. The molecule has 0 unspecified atom stereocenters. The van der Waals surface area contributed by atoms with Gasteiger partial charge in [-0.15, -0.1) is 0 Å². The number of benzene rings is 2. The fourth-order valence-electron chi connectivity index (χ4n) is 4.60. The Labute approximate surface area is 260 Å². The number of rotatable bonds is 11. The van der Waals surface area contributed by atoms with Gasteiger partial charge in [0.05, 0.1) is 56.4 Å². The minimum atomic E-state index is -0.892. The molecule has 0 aliphatic carbocycles. The van der Waals surface area contributed by atoms with E-state index < -0.39 is 23.5 Å². The normalized spacial score (nSPS) is 14.5. The highest BCUT2D eigenvalue weighted by molar-refractivity contribution is 9.10. The van der Waals surface area contributed by atoms with Gasteiger partial charge in [0.25, 0.3) is 5.56 Å². The maximum absolute atomic E-state index is 14.1. The van der Waals surface area contributed by atoms with Crippen LogP contribution in [0, 0.1) is 0 Å². The summed E-state index contributed by atoms with van der Waals surface area (Å²) in [5, 5.41) is 0. The van der Waals surface area contributed by atoms with Gasteiger partial charge in [-0.1, -0.05) is 39.4 Å². The van der Waals surface area contributed by atoms with Crippen LogP contribution in [0.15, 0.2) is 55.9 Å². The lowest BCUT2D eigenvalue weighted by molar-refractivity contribution is -0.145. The Bertz CT molecular complexity index is 1760. The van der Waals surface area contributed by atoms with Crippen molar-refractivity contribution in [2.75, 3.05) is 41.2 Å². The molecule has 0 bridgehead atoms. The van der Waals surface area contributed by atoms with Crippen molar-refractivity contribution in [3.05, 3.63) is 76.9 Å². The van der Waals surface area contributed by atoms with E-state index in [1.807, 2.05) is 0 Å². The van der Waals surface area contributed by atoms with Gasteiger partial charge < -0.3 is 28.4 Å². The van der Waals surface area contributed by atoms with Crippen LogP contribution in [0.1, 0.15) is 37.9 Å². The molecule has 13 heteroatoms. The highest BCUT2D eigenvalue weighted by atomic mass is 79.9. The number of aromatic nitrogens is 1. The number of fused-ring (bicyclic) bond motifs is 1. The van der Waals surface area contributed by atoms with E-state index in [1.54, 1.807) is 57.2 Å². The van der Waals surface area contributed by atoms with E-state index in [-0.39, 0.29) is 31.1 Å². The van der Waals surface area contributed by atoms with Gasteiger partial charge in [0.2, 0.25) is 0 Å². The standard InChI is InChI=1S/C30H31BrN2O9S/c1-7-40-24(34)15-42-27-17(10-9-11-20(27)37-4)12-23-28(35)33-26(18-13-21(38-5)22(39-6)14-19(18)31)25(29(36)41-8-2)16(3)32-30(33)43-23/h9-14,26H,7-8,15H2,1-6H3/b23-12-/t26-/m0/s1. The van der Waals surface area contributed by atoms with Crippen molar-refractivity contribution in [1.29, 1.82) is 0 Å². The van der Waals surface area contributed by atoms with Crippen molar-refractivity contribution in [2.24, 2.45) is 4.99 Å². The zero-order valence-corrected chi connectivity index (χ0v) is 26.9. The van der Waals surface area contributed by atoms with Gasteiger partial charge in [-0.05, 0) is 50.6 Å². The van der Waals surface area contributed by atoms with Gasteiger partial charge in [0, 0.05) is 10.0 Å². The highest BCUT2D eigenvalue weighted by Crippen LogP contribution is 2.41. The zero-order valence-electron chi connectivity index (χ0n) is 24.5. The van der Waals surface area contributed by atoms with E-state index >= 15 is 0 Å². The number of carbonyl (C=O) groups is 2. The first-order valence-corrected chi connectivity index (χ1v) is 14.9. The molecule has 2 aromatic carbocycles. The Balaban J connectivity index is 1.95. The Morgan fingerprint density at radius 2 is 1.70 bits per heavy atom. The van der Waals surface area contributed by atoms with Gasteiger partial charge in [-0.3, -0.25) is 9.36 Å². The van der Waals surface area contributed by atoms with Crippen LogP contribution >= 0.6 is 27.3 Å². The van der Waals surface area contributed by atoms with Crippen molar-refractivity contribution in [2.45, 2.75) is 26.8 Å². The van der Waals surface area contributed by atoms with Crippen LogP contribution in [-0.4, -0.2) is 57.7 Å². The summed E-state index contributed by atoms with van der Waals surface area (Å²) >= 11 is 4.74. The summed E-state index contributed by atoms with van der Waals surface area (Å²) in [5.41, 5.74) is 1.30. The van der Waals surface area contributed by atoms with Crippen LogP contribution < -0.4 is 33.8 Å². The van der Waals surface area contributed by atoms with E-state index in [1.165, 1.54) is 25.9 Å². The van der Waals surface area contributed by atoms with Crippen molar-refractivity contribution >= 4 is 45.3 Å². The molecule has 0 N–H and O–H groups in total. The monoisotopic (exact) mass is 674 g/mol. The zero-order chi connectivity index (χ0) is 31.3. The number of nitrogens with zero attached hydrogens (tertiary/aromatic N) is 2. The predicted octanol–water partition coefficient (Wildman–Crippen LogP) is 3.53. The molecular formula is C30H31BrN2O9S. The van der Waals surface area contributed by atoms with Crippen LogP contribution in [0.3, 0.4) is 0 Å². The lowest BCUT2D eigenvalue weighted by Crippen LogP contribution is -2.40. The molecule has 0 radical (unpaired) electrons. The van der Waals surface area contributed by atoms with E-state index in [9.17, 15) is 14.4 Å². The Morgan fingerprint density at radius 3 is 2.35 bits per heavy atom. The summed E-state index contributed by atoms with van der Waals surface area (Å²) in [7, 11) is 4.50. The summed E-state index contributed by atoms with van der Waals surface area (Å²) in [6, 6.07) is 7.70. The van der Waals surface area contributed by atoms with Gasteiger partial charge in [-0.25, -0.2) is 14.6 Å². The summed E-state index contributed by atoms with van der Waals surface area (Å²) in [6.07, 6.45) is 1.64. The Morgan fingerprint density at radius 1 is 1.02 bits per heavy atom. The highest BCUT2D eigenvalue weighted by Gasteiger charge is 2.35. The molecule has 1 atom stereocenters. The summed E-state index contributed by atoms with van der Waals surface area (Å²) in [5.74, 6) is 0.399. The maximum atomic E-state index is 14.1. The number of hydrogen-bond acceptors (Lipinski definition) is 11. The topological polar surface area (TPSA) is 124 Å². The second-order valence-corrected chi connectivity index (χ2v) is 10.9. The van der Waals surface area contributed by atoms with Gasteiger partial charge in [0.1, 0.15) is 0 Å². The number of methoxy groups -OCH3 is 3. The average Bonchev–Trinajstić information content (AvgIpc) is 3.29. The number of esters is 2. The molecule has 4 rings (SSSR count). The lowest BCUT2D eigenvalue weighted by atomic mass is 9.95. The average molecular weight is 676 g/mol. The second kappa shape index (κ2) is 13.9. The largest absolute Gasteiger partial charge is 0.493 e. The number of para-hydroxylation sites is 1. The maximum Gasteiger partial charge on any atom is 0.344 e. The number of thiazole rings is 1. The van der Waals surface area contributed by atoms with E-state index in [2.05, 4.69) is 20.9 Å². The first-order chi connectivity index (χ1) is 20.7. The Hall–Kier alpha value is -4.10. The quantitative estimate of drug-likeness (QED) is 0.281. The third kappa shape index (κ3) is 6.47. The molecule has 0 fully saturated rings. The molecule has 228 valence electrons. The molecule has 0 saturated carbocycles. The number of ether oxygens (including phenoxy) is 6. The third-order valence-electron chi connectivity index (χ3n) is 6.47. The first-order valence-electron chi connectivity index (χ1n) is 13.2. The van der Waals surface area contributed by atoms with Crippen LogP contribution in [-0.2, 0) is 19.1 Å². The van der Waals surface area contributed by atoms with Crippen LogP contribution in [0.2, 0.25) is 0 Å². The summed E-state index contributed by atoms with van der Waals surface area (Å²) < 4.78 is 34.9. The van der Waals surface area contributed by atoms with Crippen LogP contribution in [0.25, 0.3) is 6.08 Å². The molecule has 0 saturated heterocycles. The van der Waals surface area contributed by atoms with E-state index in [4.69, 9.17) is 28.4 Å². The first kappa shape index (κ1) is 31.8. The third-order valence-corrected chi connectivity index (χ3v) is 8.14. The predicted molar refractivity (Wildman–Crippen MR) is 163 cm³/mol. The smallest absolute Gasteiger partial charge is 0.344 e. The molecule has 0 spiro atoms. The fraction of sp³-hybridized carbons (Fsp3) is 0.333. The van der Waals surface area contributed by atoms with Crippen molar-refractivity contribution < 1.29 is 38.0 Å². The number of halogens is 1. The molecule has 2 heterocycles. The lowest BCUT2D eigenvalue weighted by Gasteiger charge is -2.26. The van der Waals surface area contributed by atoms with E-state index in [0.717, 1.165) is 11.3 Å². The van der Waals surface area contributed by atoms with Crippen LogP contribution in [0.4, 0.5) is 0 Å². The summed E-state index contributed by atoms with van der Waals surface area (Å²) in [4.78, 5) is 44.4. The molecule has 3 aromatic rings. The van der Waals surface area contributed by atoms with Crippen molar-refractivity contribution in [1.82, 2.24) is 4.57 Å².